The van der Waals surface area contributed by atoms with Gasteiger partial charge in [-0.2, -0.15) is 0 Å². The minimum absolute atomic E-state index is 0.133. The molecule has 2 heterocycles. The van der Waals surface area contributed by atoms with Crippen molar-refractivity contribution in [1.82, 2.24) is 14.7 Å². The normalized spacial score (nSPS) is 12.3. The van der Waals surface area contributed by atoms with Gasteiger partial charge in [0.25, 0.3) is 5.91 Å². The molecule has 3 aromatic rings. The Balaban J connectivity index is 1.70. The van der Waals surface area contributed by atoms with Gasteiger partial charge >= 0.3 is 0 Å². The molecule has 0 fully saturated rings. The Morgan fingerprint density at radius 1 is 1.18 bits per heavy atom. The quantitative estimate of drug-likeness (QED) is 0.803. The minimum atomic E-state index is -0.133. The number of carbonyl (C=O) groups excluding carboxylic acids is 1. The molecule has 1 N–H and O–H groups in total. The number of hydrogen-bond donors (Lipinski definition) is 1. The first-order chi connectivity index (χ1) is 10.6. The van der Waals surface area contributed by atoms with Crippen LogP contribution in [0.2, 0.25) is 0 Å². The summed E-state index contributed by atoms with van der Waals surface area (Å²) in [7, 11) is 0. The highest BCUT2D eigenvalue weighted by Crippen LogP contribution is 2.13. The van der Waals surface area contributed by atoms with Crippen LogP contribution in [0.4, 0.5) is 0 Å². The van der Waals surface area contributed by atoms with Gasteiger partial charge < -0.3 is 9.72 Å². The summed E-state index contributed by atoms with van der Waals surface area (Å²) >= 11 is 0. The SMILES string of the molecule is Cc1cccc2nc(C(=O)NCC(C)c3ccccc3)cn12. The minimum Gasteiger partial charge on any atom is -0.350 e. The Kier molecular flexibility index (Phi) is 3.92. The van der Waals surface area contributed by atoms with Gasteiger partial charge in [0.1, 0.15) is 11.3 Å². The molecule has 0 aliphatic heterocycles. The predicted molar refractivity (Wildman–Crippen MR) is 87.1 cm³/mol. The third kappa shape index (κ3) is 2.86. The summed E-state index contributed by atoms with van der Waals surface area (Å²) in [5.41, 5.74) is 3.52. The fourth-order valence-corrected chi connectivity index (χ4v) is 2.49. The van der Waals surface area contributed by atoms with Crippen molar-refractivity contribution >= 4 is 11.6 Å². The van der Waals surface area contributed by atoms with Gasteiger partial charge in [-0.1, -0.05) is 43.3 Å². The topological polar surface area (TPSA) is 46.4 Å². The lowest BCUT2D eigenvalue weighted by molar-refractivity contribution is 0.0947. The van der Waals surface area contributed by atoms with Gasteiger partial charge in [0.2, 0.25) is 0 Å². The van der Waals surface area contributed by atoms with Crippen LogP contribution in [-0.2, 0) is 0 Å². The molecule has 4 heteroatoms. The van der Waals surface area contributed by atoms with E-state index < -0.39 is 0 Å². The van der Waals surface area contributed by atoms with Crippen molar-refractivity contribution in [3.63, 3.8) is 0 Å². The predicted octanol–water partition coefficient (Wildman–Crippen LogP) is 3.18. The molecule has 0 aliphatic rings. The smallest absolute Gasteiger partial charge is 0.271 e. The van der Waals surface area contributed by atoms with E-state index in [-0.39, 0.29) is 11.8 Å². The van der Waals surface area contributed by atoms with Crippen molar-refractivity contribution in [3.8, 4) is 0 Å². The number of fused-ring (bicyclic) bond motifs is 1. The van der Waals surface area contributed by atoms with Gasteiger partial charge in [-0.15, -0.1) is 0 Å². The zero-order chi connectivity index (χ0) is 15.5. The van der Waals surface area contributed by atoms with Crippen LogP contribution in [0.3, 0.4) is 0 Å². The van der Waals surface area contributed by atoms with Crippen LogP contribution in [-0.4, -0.2) is 21.8 Å². The summed E-state index contributed by atoms with van der Waals surface area (Å²) in [4.78, 5) is 16.6. The van der Waals surface area contributed by atoms with Crippen LogP contribution < -0.4 is 5.32 Å². The zero-order valence-corrected chi connectivity index (χ0v) is 12.8. The van der Waals surface area contributed by atoms with Crippen molar-refractivity contribution < 1.29 is 4.79 Å². The summed E-state index contributed by atoms with van der Waals surface area (Å²) in [6, 6.07) is 16.0. The number of nitrogens with zero attached hydrogens (tertiary/aromatic N) is 2. The molecule has 112 valence electrons. The van der Waals surface area contributed by atoms with E-state index in [2.05, 4.69) is 29.4 Å². The van der Waals surface area contributed by atoms with Gasteiger partial charge in [0.15, 0.2) is 0 Å². The molecule has 22 heavy (non-hydrogen) atoms. The van der Waals surface area contributed by atoms with E-state index in [0.717, 1.165) is 11.3 Å². The molecule has 0 radical (unpaired) electrons. The second-order valence-corrected chi connectivity index (χ2v) is 5.54. The second-order valence-electron chi connectivity index (χ2n) is 5.54. The van der Waals surface area contributed by atoms with E-state index in [1.807, 2.05) is 47.7 Å². The fourth-order valence-electron chi connectivity index (χ4n) is 2.49. The average molecular weight is 293 g/mol. The monoisotopic (exact) mass is 293 g/mol. The van der Waals surface area contributed by atoms with Gasteiger partial charge in [0, 0.05) is 18.4 Å². The molecule has 0 saturated carbocycles. The first-order valence-corrected chi connectivity index (χ1v) is 7.43. The van der Waals surface area contributed by atoms with Crippen LogP contribution in [0.15, 0.2) is 54.7 Å². The number of amides is 1. The van der Waals surface area contributed by atoms with Gasteiger partial charge in [-0.3, -0.25) is 4.79 Å². The van der Waals surface area contributed by atoms with Gasteiger partial charge in [0.05, 0.1) is 0 Å². The Hall–Kier alpha value is -2.62. The maximum atomic E-state index is 12.3. The molecule has 3 rings (SSSR count). The largest absolute Gasteiger partial charge is 0.350 e. The third-order valence-corrected chi connectivity index (χ3v) is 3.87. The van der Waals surface area contributed by atoms with Crippen LogP contribution >= 0.6 is 0 Å². The second kappa shape index (κ2) is 6.02. The fraction of sp³-hybridized carbons (Fsp3) is 0.222. The third-order valence-electron chi connectivity index (χ3n) is 3.87. The van der Waals surface area contributed by atoms with Crippen LogP contribution in [0.1, 0.15) is 34.6 Å². The molecule has 0 spiro atoms. The Bertz CT molecular complexity index is 792. The molecule has 1 aromatic carbocycles. The number of rotatable bonds is 4. The van der Waals surface area contributed by atoms with E-state index in [1.165, 1.54) is 5.56 Å². The van der Waals surface area contributed by atoms with E-state index in [9.17, 15) is 4.79 Å². The van der Waals surface area contributed by atoms with Crippen LogP contribution in [0.25, 0.3) is 5.65 Å². The van der Waals surface area contributed by atoms with Crippen molar-refractivity contribution in [2.75, 3.05) is 6.54 Å². The summed E-state index contributed by atoms with van der Waals surface area (Å²) in [5, 5.41) is 2.96. The molecule has 0 aliphatic carbocycles. The lowest BCUT2D eigenvalue weighted by atomic mass is 10.0. The van der Waals surface area contributed by atoms with E-state index in [0.29, 0.717) is 12.2 Å². The van der Waals surface area contributed by atoms with Crippen molar-refractivity contribution in [2.45, 2.75) is 19.8 Å². The first kappa shape index (κ1) is 14.3. The van der Waals surface area contributed by atoms with E-state index >= 15 is 0 Å². The standard InChI is InChI=1S/C18H19N3O/c1-13(15-8-4-3-5-9-15)11-19-18(22)16-12-21-14(2)7-6-10-17(21)20-16/h3-10,12-13H,11H2,1-2H3,(H,19,22). The number of nitrogens with one attached hydrogen (secondary N) is 1. The zero-order valence-electron chi connectivity index (χ0n) is 12.8. The highest BCUT2D eigenvalue weighted by atomic mass is 16.1. The summed E-state index contributed by atoms with van der Waals surface area (Å²) < 4.78 is 1.93. The Morgan fingerprint density at radius 3 is 2.68 bits per heavy atom. The first-order valence-electron chi connectivity index (χ1n) is 7.43. The number of benzene rings is 1. The van der Waals surface area contributed by atoms with E-state index in [1.54, 1.807) is 6.20 Å². The van der Waals surface area contributed by atoms with Gasteiger partial charge in [-0.05, 0) is 30.5 Å². The molecule has 4 nitrogen and oxygen atoms in total. The molecule has 0 saturated heterocycles. The number of imidazole rings is 1. The molecule has 1 unspecified atom stereocenters. The average Bonchev–Trinajstić information content (AvgIpc) is 2.99. The molecular weight excluding hydrogens is 274 g/mol. The lowest BCUT2D eigenvalue weighted by Crippen LogP contribution is -2.27. The summed E-state index contributed by atoms with van der Waals surface area (Å²) in [5.74, 6) is 0.134. The van der Waals surface area contributed by atoms with Crippen molar-refractivity contribution in [3.05, 3.63) is 71.7 Å². The summed E-state index contributed by atoms with van der Waals surface area (Å²) in [6.45, 7) is 4.69. The number of carbonyl (C=O) groups is 1. The molecule has 0 bridgehead atoms. The highest BCUT2D eigenvalue weighted by Gasteiger charge is 2.13. The number of pyridine rings is 1. The lowest BCUT2D eigenvalue weighted by Gasteiger charge is -2.12. The van der Waals surface area contributed by atoms with Crippen molar-refractivity contribution in [2.24, 2.45) is 0 Å². The van der Waals surface area contributed by atoms with E-state index in [4.69, 9.17) is 0 Å². The molecule has 1 atom stereocenters. The Morgan fingerprint density at radius 2 is 1.95 bits per heavy atom. The molecular formula is C18H19N3O. The number of hydrogen-bond acceptors (Lipinski definition) is 2. The van der Waals surface area contributed by atoms with Crippen LogP contribution in [0.5, 0.6) is 0 Å². The Labute approximate surface area is 129 Å². The maximum absolute atomic E-state index is 12.3. The van der Waals surface area contributed by atoms with Gasteiger partial charge in [-0.25, -0.2) is 4.98 Å². The highest BCUT2D eigenvalue weighted by molar-refractivity contribution is 5.92. The number of aryl methyl sites for hydroxylation is 1. The number of aromatic nitrogens is 2. The van der Waals surface area contributed by atoms with Crippen LogP contribution in [0, 0.1) is 6.92 Å². The molecule has 1 amide bonds. The molecule has 2 aromatic heterocycles. The maximum Gasteiger partial charge on any atom is 0.271 e. The van der Waals surface area contributed by atoms with Crippen molar-refractivity contribution in [1.29, 1.82) is 0 Å². The summed E-state index contributed by atoms with van der Waals surface area (Å²) in [6.07, 6.45) is 1.78.